The molecule has 0 amide bonds. The Bertz CT molecular complexity index is 1070. The van der Waals surface area contributed by atoms with Crippen molar-refractivity contribution in [3.8, 4) is 0 Å². The molecule has 1 aliphatic rings. The van der Waals surface area contributed by atoms with Crippen LogP contribution in [0.1, 0.15) is 0 Å². The van der Waals surface area contributed by atoms with Gasteiger partial charge in [0, 0.05) is 17.4 Å². The number of para-hydroxylation sites is 3. The van der Waals surface area contributed by atoms with Crippen LogP contribution in [0, 0.1) is 0 Å². The van der Waals surface area contributed by atoms with E-state index in [1.807, 2.05) is 0 Å². The number of quaternary nitrogens is 1. The van der Waals surface area contributed by atoms with Crippen molar-refractivity contribution < 1.29 is 0 Å². The fourth-order valence-corrected chi connectivity index (χ4v) is 6.23. The molecule has 1 aromatic heterocycles. The smallest absolute Gasteiger partial charge is 0.164 e. The fourth-order valence-electron chi connectivity index (χ4n) is 4.11. The summed E-state index contributed by atoms with van der Waals surface area (Å²) in [7, 11) is 2.05. The molecular formula is C21H20N2P+. The average Bonchev–Trinajstić information content (AvgIpc) is 2.95. The minimum absolute atomic E-state index is 0.339. The van der Waals surface area contributed by atoms with Crippen molar-refractivity contribution in [3.05, 3.63) is 72.8 Å². The summed E-state index contributed by atoms with van der Waals surface area (Å²) in [6.07, 6.45) is 0. The van der Waals surface area contributed by atoms with Crippen LogP contribution >= 0.6 is 8.07 Å². The van der Waals surface area contributed by atoms with Crippen LogP contribution in [0.25, 0.3) is 21.8 Å². The van der Waals surface area contributed by atoms with E-state index < -0.39 is 0 Å². The van der Waals surface area contributed by atoms with E-state index in [0.29, 0.717) is 0 Å². The molecule has 2 unspecified atom stereocenters. The third kappa shape index (κ3) is 1.73. The summed E-state index contributed by atoms with van der Waals surface area (Å²) >= 11 is 0. The van der Waals surface area contributed by atoms with Crippen molar-refractivity contribution in [3.63, 3.8) is 0 Å². The molecule has 0 fully saturated rings. The minimum Gasteiger partial charge on any atom is -0.292 e. The monoisotopic (exact) mass is 331 g/mol. The Balaban J connectivity index is 1.87. The highest BCUT2D eigenvalue weighted by molar-refractivity contribution is 7.65. The topological polar surface area (TPSA) is 4.93 Å². The van der Waals surface area contributed by atoms with Crippen LogP contribution in [0.4, 0.5) is 5.69 Å². The van der Waals surface area contributed by atoms with Crippen molar-refractivity contribution >= 4 is 40.9 Å². The highest BCUT2D eigenvalue weighted by atomic mass is 31.1. The molecule has 0 aliphatic carbocycles. The number of hydrogen-bond acceptors (Lipinski definition) is 0. The molecule has 2 heterocycles. The lowest BCUT2D eigenvalue weighted by Gasteiger charge is -2.42. The first kappa shape index (κ1) is 14.2. The summed E-state index contributed by atoms with van der Waals surface area (Å²) in [5, 5.41) is 4.28. The molecule has 24 heavy (non-hydrogen) atoms. The lowest BCUT2D eigenvalue weighted by molar-refractivity contribution is 0.442. The number of benzene rings is 3. The lowest BCUT2D eigenvalue weighted by Crippen LogP contribution is -2.46. The van der Waals surface area contributed by atoms with Crippen molar-refractivity contribution in [2.24, 2.45) is 0 Å². The summed E-state index contributed by atoms with van der Waals surface area (Å²) in [6, 6.07) is 26.6. The predicted molar refractivity (Wildman–Crippen MR) is 106 cm³/mol. The Labute approximate surface area is 143 Å². The van der Waals surface area contributed by atoms with Gasteiger partial charge in [-0.2, -0.15) is 0 Å². The molecule has 2 nitrogen and oxygen atoms in total. The van der Waals surface area contributed by atoms with E-state index in [9.17, 15) is 0 Å². The van der Waals surface area contributed by atoms with Gasteiger partial charge in [0.1, 0.15) is 13.8 Å². The van der Waals surface area contributed by atoms with Gasteiger partial charge in [-0.05, 0) is 24.3 Å². The van der Waals surface area contributed by atoms with E-state index in [-0.39, 0.29) is 8.07 Å². The molecule has 3 aromatic carbocycles. The normalized spacial score (nSPS) is 23.0. The van der Waals surface area contributed by atoms with E-state index in [1.165, 1.54) is 32.8 Å². The average molecular weight is 331 g/mol. The molecule has 0 radical (unpaired) electrons. The van der Waals surface area contributed by atoms with Crippen LogP contribution in [0.2, 0.25) is 0 Å². The van der Waals surface area contributed by atoms with Crippen LogP contribution in [0.3, 0.4) is 0 Å². The molecule has 0 N–H and O–H groups in total. The van der Waals surface area contributed by atoms with Crippen LogP contribution < -0.4 is 9.56 Å². The standard InChI is InChI=1S/C21H20N2P/c1-23(16-9-4-3-5-10-16)15-22-19-13-7-6-11-17(19)18-12-8-14-20(21(18)22)24(23)2/h3-14H,15H2,1-2H3/q+1. The zero-order chi connectivity index (χ0) is 16.3. The molecule has 0 saturated heterocycles. The second-order valence-electron chi connectivity index (χ2n) is 6.76. The molecule has 4 aromatic rings. The first-order valence-electron chi connectivity index (χ1n) is 8.35. The van der Waals surface area contributed by atoms with Crippen LogP contribution in [0.5, 0.6) is 0 Å². The summed E-state index contributed by atoms with van der Waals surface area (Å²) in [5.74, 6) is 0. The zero-order valence-corrected chi connectivity index (χ0v) is 14.9. The van der Waals surface area contributed by atoms with Gasteiger partial charge in [-0.1, -0.05) is 48.5 Å². The van der Waals surface area contributed by atoms with E-state index >= 15 is 0 Å². The molecule has 0 spiro atoms. The minimum atomic E-state index is -0.339. The summed E-state index contributed by atoms with van der Waals surface area (Å²) < 4.78 is 3.50. The Morgan fingerprint density at radius 2 is 1.54 bits per heavy atom. The number of nitrogens with zero attached hydrogens (tertiary/aromatic N) is 2. The van der Waals surface area contributed by atoms with Crippen molar-refractivity contribution in [2.75, 3.05) is 13.7 Å². The van der Waals surface area contributed by atoms with Gasteiger partial charge in [0.05, 0.1) is 23.4 Å². The number of rotatable bonds is 1. The van der Waals surface area contributed by atoms with E-state index in [2.05, 4.69) is 91.1 Å². The van der Waals surface area contributed by atoms with Gasteiger partial charge in [-0.3, -0.25) is 8.82 Å². The third-order valence-electron chi connectivity index (χ3n) is 5.51. The maximum Gasteiger partial charge on any atom is 0.164 e. The Morgan fingerprint density at radius 1 is 0.833 bits per heavy atom. The Hall–Kier alpha value is -2.15. The zero-order valence-electron chi connectivity index (χ0n) is 14.0. The van der Waals surface area contributed by atoms with Gasteiger partial charge in [-0.25, -0.2) is 0 Å². The van der Waals surface area contributed by atoms with Gasteiger partial charge >= 0.3 is 0 Å². The van der Waals surface area contributed by atoms with Gasteiger partial charge in [0.15, 0.2) is 6.67 Å². The molecule has 3 heteroatoms. The van der Waals surface area contributed by atoms with Gasteiger partial charge in [-0.15, -0.1) is 0 Å². The van der Waals surface area contributed by atoms with E-state index in [4.69, 9.17) is 0 Å². The SMILES string of the molecule is CP1c2cccc3c4ccccc4n(c23)C[N+]1(C)c1ccccc1. The highest BCUT2D eigenvalue weighted by Gasteiger charge is 2.40. The quantitative estimate of drug-likeness (QED) is 0.430. The van der Waals surface area contributed by atoms with E-state index in [1.54, 1.807) is 0 Å². The van der Waals surface area contributed by atoms with Gasteiger partial charge in [0.2, 0.25) is 0 Å². The van der Waals surface area contributed by atoms with Crippen molar-refractivity contribution in [2.45, 2.75) is 6.67 Å². The fraction of sp³-hybridized carbons (Fsp3) is 0.143. The second-order valence-corrected chi connectivity index (χ2v) is 9.17. The number of fused-ring (bicyclic) bond motifs is 3. The highest BCUT2D eigenvalue weighted by Crippen LogP contribution is 2.51. The summed E-state index contributed by atoms with van der Waals surface area (Å²) in [6.45, 7) is 3.42. The number of aromatic nitrogens is 1. The van der Waals surface area contributed by atoms with Crippen LogP contribution in [-0.2, 0) is 6.67 Å². The molecule has 2 atom stereocenters. The maximum absolute atomic E-state index is 2.54. The molecule has 5 rings (SSSR count). The molecule has 0 bridgehead atoms. The Morgan fingerprint density at radius 3 is 2.38 bits per heavy atom. The molecule has 1 aliphatic heterocycles. The molecule has 0 saturated carbocycles. The van der Waals surface area contributed by atoms with Crippen molar-refractivity contribution in [1.29, 1.82) is 0 Å². The second kappa shape index (κ2) is 4.92. The Kier molecular flexibility index (Phi) is 2.92. The molecule has 118 valence electrons. The van der Waals surface area contributed by atoms with Gasteiger partial charge in [0.25, 0.3) is 0 Å². The first-order chi connectivity index (χ1) is 11.7. The van der Waals surface area contributed by atoms with Crippen LogP contribution in [0.15, 0.2) is 72.8 Å². The van der Waals surface area contributed by atoms with Gasteiger partial charge < -0.3 is 0 Å². The summed E-state index contributed by atoms with van der Waals surface area (Å²) in [5.41, 5.74) is 4.19. The maximum atomic E-state index is 2.54. The lowest BCUT2D eigenvalue weighted by atomic mass is 10.1. The molecular weight excluding hydrogens is 311 g/mol. The van der Waals surface area contributed by atoms with Crippen LogP contribution in [-0.4, -0.2) is 18.3 Å². The first-order valence-corrected chi connectivity index (χ1v) is 10.1. The summed E-state index contributed by atoms with van der Waals surface area (Å²) in [4.78, 5) is 0. The van der Waals surface area contributed by atoms with Crippen molar-refractivity contribution in [1.82, 2.24) is 8.82 Å². The van der Waals surface area contributed by atoms with E-state index in [0.717, 1.165) is 10.9 Å². The third-order valence-corrected chi connectivity index (χ3v) is 8.25. The number of hydrogen-bond donors (Lipinski definition) is 0. The largest absolute Gasteiger partial charge is 0.292 e. The predicted octanol–water partition coefficient (Wildman–Crippen LogP) is 5.05.